The minimum absolute atomic E-state index is 0.0184. The summed E-state index contributed by atoms with van der Waals surface area (Å²) >= 11 is 0. The molecule has 2 aromatic carbocycles. The van der Waals surface area contributed by atoms with Crippen LogP contribution in [-0.2, 0) is 20.6 Å². The first-order valence-electron chi connectivity index (χ1n) is 9.85. The summed E-state index contributed by atoms with van der Waals surface area (Å²) in [7, 11) is 2.92. The second-order valence-electron chi connectivity index (χ2n) is 7.37. The molecule has 2 N–H and O–H groups in total. The number of rotatable bonds is 6. The molecule has 1 heterocycles. The van der Waals surface area contributed by atoms with Crippen LogP contribution in [0, 0.1) is 5.92 Å². The molecule has 2 aromatic rings. The summed E-state index contributed by atoms with van der Waals surface area (Å²) in [5.41, 5.74) is -0.681. The zero-order valence-corrected chi connectivity index (χ0v) is 18.1. The second kappa shape index (κ2) is 9.39. The van der Waals surface area contributed by atoms with Crippen molar-refractivity contribution >= 4 is 34.8 Å². The van der Waals surface area contributed by atoms with E-state index >= 15 is 0 Å². The molecular formula is C22H22F3N3O5. The molecule has 3 amide bonds. The van der Waals surface area contributed by atoms with E-state index in [9.17, 15) is 27.6 Å². The number of anilines is 3. The van der Waals surface area contributed by atoms with Crippen LogP contribution in [0.4, 0.5) is 30.2 Å². The quantitative estimate of drug-likeness (QED) is 0.679. The number of nitrogens with zero attached hydrogens (tertiary/aromatic N) is 1. The Kier molecular flexibility index (Phi) is 6.80. The van der Waals surface area contributed by atoms with Gasteiger partial charge in [-0.3, -0.25) is 14.4 Å². The minimum atomic E-state index is -4.64. The van der Waals surface area contributed by atoms with Crippen molar-refractivity contribution < 1.29 is 37.0 Å². The van der Waals surface area contributed by atoms with Gasteiger partial charge in [-0.15, -0.1) is 0 Å². The van der Waals surface area contributed by atoms with Gasteiger partial charge in [0.1, 0.15) is 0 Å². The fourth-order valence-corrected chi connectivity index (χ4v) is 3.48. The molecule has 11 heteroatoms. The van der Waals surface area contributed by atoms with Crippen LogP contribution < -0.4 is 25.0 Å². The van der Waals surface area contributed by atoms with Gasteiger partial charge in [0.2, 0.25) is 17.7 Å². The van der Waals surface area contributed by atoms with Crippen LogP contribution in [0.1, 0.15) is 18.9 Å². The van der Waals surface area contributed by atoms with Crippen molar-refractivity contribution in [1.82, 2.24) is 0 Å². The highest BCUT2D eigenvalue weighted by atomic mass is 19.4. The van der Waals surface area contributed by atoms with Gasteiger partial charge in [-0.1, -0.05) is 0 Å². The molecule has 0 saturated carbocycles. The standard InChI is InChI=1S/C22H22F3N3O5/c1-12(29)26-16-6-4-14(22(23,24)25)9-17(16)27-21(31)13-8-20(30)28(11-13)15-5-7-18(32-2)19(10-15)33-3/h4-7,9-10,13H,8,11H2,1-3H3,(H,26,29)(H,27,31). The van der Waals surface area contributed by atoms with Crippen molar-refractivity contribution in [2.75, 3.05) is 36.3 Å². The van der Waals surface area contributed by atoms with E-state index in [0.717, 1.165) is 18.2 Å². The average Bonchev–Trinajstić information content (AvgIpc) is 3.15. The van der Waals surface area contributed by atoms with E-state index < -0.39 is 29.5 Å². The zero-order chi connectivity index (χ0) is 24.3. The fraction of sp³-hybridized carbons (Fsp3) is 0.318. The summed E-state index contributed by atoms with van der Waals surface area (Å²) in [6.45, 7) is 1.22. The number of carbonyl (C=O) groups is 3. The zero-order valence-electron chi connectivity index (χ0n) is 18.1. The molecule has 1 aliphatic heterocycles. The molecule has 0 aromatic heterocycles. The average molecular weight is 465 g/mol. The fourth-order valence-electron chi connectivity index (χ4n) is 3.48. The topological polar surface area (TPSA) is 97.0 Å². The summed E-state index contributed by atoms with van der Waals surface area (Å²) in [5, 5.41) is 4.82. The first-order valence-corrected chi connectivity index (χ1v) is 9.85. The Balaban J connectivity index is 1.81. The maximum absolute atomic E-state index is 13.1. The normalized spacial score (nSPS) is 15.9. The third-order valence-electron chi connectivity index (χ3n) is 5.09. The highest BCUT2D eigenvalue weighted by molar-refractivity contribution is 6.05. The van der Waals surface area contributed by atoms with Crippen molar-refractivity contribution in [2.24, 2.45) is 5.92 Å². The van der Waals surface area contributed by atoms with Crippen molar-refractivity contribution in [3.63, 3.8) is 0 Å². The largest absolute Gasteiger partial charge is 0.493 e. The number of ether oxygens (including phenoxy) is 2. The Morgan fingerprint density at radius 3 is 2.30 bits per heavy atom. The molecule has 1 atom stereocenters. The molecule has 0 aliphatic carbocycles. The molecule has 0 radical (unpaired) electrons. The molecule has 1 saturated heterocycles. The molecule has 0 bridgehead atoms. The van der Waals surface area contributed by atoms with Crippen molar-refractivity contribution in [3.05, 3.63) is 42.0 Å². The van der Waals surface area contributed by atoms with E-state index in [1.54, 1.807) is 18.2 Å². The van der Waals surface area contributed by atoms with Crippen LogP contribution in [0.15, 0.2) is 36.4 Å². The molecule has 176 valence electrons. The highest BCUT2D eigenvalue weighted by Crippen LogP contribution is 2.36. The molecule has 1 aliphatic rings. The lowest BCUT2D eigenvalue weighted by Gasteiger charge is -2.19. The summed E-state index contributed by atoms with van der Waals surface area (Å²) in [4.78, 5) is 38.2. The minimum Gasteiger partial charge on any atom is -0.493 e. The summed E-state index contributed by atoms with van der Waals surface area (Å²) in [6.07, 6.45) is -4.77. The van der Waals surface area contributed by atoms with Gasteiger partial charge in [0.05, 0.1) is 37.1 Å². The number of carbonyl (C=O) groups excluding carboxylic acids is 3. The molecule has 8 nitrogen and oxygen atoms in total. The van der Waals surface area contributed by atoms with E-state index in [4.69, 9.17) is 9.47 Å². The van der Waals surface area contributed by atoms with Crippen molar-refractivity contribution in [1.29, 1.82) is 0 Å². The molecule has 1 fully saturated rings. The number of nitrogens with one attached hydrogen (secondary N) is 2. The van der Waals surface area contributed by atoms with Gasteiger partial charge in [0.15, 0.2) is 11.5 Å². The van der Waals surface area contributed by atoms with Gasteiger partial charge >= 0.3 is 6.18 Å². The lowest BCUT2D eigenvalue weighted by atomic mass is 10.1. The maximum atomic E-state index is 13.1. The van der Waals surface area contributed by atoms with Crippen LogP contribution >= 0.6 is 0 Å². The number of alkyl halides is 3. The Bertz CT molecular complexity index is 1090. The summed E-state index contributed by atoms with van der Waals surface area (Å²) in [6, 6.07) is 7.47. The first-order chi connectivity index (χ1) is 15.5. The van der Waals surface area contributed by atoms with Crippen LogP contribution in [0.5, 0.6) is 11.5 Å². The Hall–Kier alpha value is -3.76. The summed E-state index contributed by atoms with van der Waals surface area (Å²) in [5.74, 6) is -1.42. The predicted octanol–water partition coefficient (Wildman–Crippen LogP) is 3.67. The second-order valence-corrected chi connectivity index (χ2v) is 7.37. The van der Waals surface area contributed by atoms with Gasteiger partial charge in [-0.05, 0) is 30.3 Å². The summed E-state index contributed by atoms with van der Waals surface area (Å²) < 4.78 is 49.8. The number of hydrogen-bond donors (Lipinski definition) is 2. The third kappa shape index (κ3) is 5.36. The van der Waals surface area contributed by atoms with Crippen molar-refractivity contribution in [3.8, 4) is 11.5 Å². The molecule has 3 rings (SSSR count). The number of benzene rings is 2. The van der Waals surface area contributed by atoms with Gasteiger partial charge in [-0.25, -0.2) is 0 Å². The lowest BCUT2D eigenvalue weighted by Crippen LogP contribution is -2.28. The van der Waals surface area contributed by atoms with E-state index in [2.05, 4.69) is 10.6 Å². The van der Waals surface area contributed by atoms with Gasteiger partial charge in [0.25, 0.3) is 0 Å². The Labute approximate surface area is 187 Å². The molecule has 0 spiro atoms. The van der Waals surface area contributed by atoms with Gasteiger partial charge in [-0.2, -0.15) is 13.2 Å². The van der Waals surface area contributed by atoms with Crippen LogP contribution in [0.25, 0.3) is 0 Å². The first kappa shape index (κ1) is 23.9. The highest BCUT2D eigenvalue weighted by Gasteiger charge is 2.36. The predicted molar refractivity (Wildman–Crippen MR) is 114 cm³/mol. The Morgan fingerprint density at radius 2 is 1.70 bits per heavy atom. The van der Waals surface area contributed by atoms with Crippen LogP contribution in [-0.4, -0.2) is 38.5 Å². The number of amides is 3. The SMILES string of the molecule is COc1ccc(N2CC(C(=O)Nc3cc(C(F)(F)F)ccc3NC(C)=O)CC2=O)cc1OC. The van der Waals surface area contributed by atoms with Crippen LogP contribution in [0.3, 0.4) is 0 Å². The maximum Gasteiger partial charge on any atom is 0.416 e. The van der Waals surface area contributed by atoms with E-state index in [0.29, 0.717) is 17.2 Å². The lowest BCUT2D eigenvalue weighted by molar-refractivity contribution is -0.137. The monoisotopic (exact) mass is 465 g/mol. The van der Waals surface area contributed by atoms with E-state index in [1.165, 1.54) is 26.0 Å². The smallest absolute Gasteiger partial charge is 0.416 e. The van der Waals surface area contributed by atoms with Crippen LogP contribution in [0.2, 0.25) is 0 Å². The van der Waals surface area contributed by atoms with Crippen molar-refractivity contribution in [2.45, 2.75) is 19.5 Å². The van der Waals surface area contributed by atoms with Gasteiger partial charge in [0, 0.05) is 31.6 Å². The van der Waals surface area contributed by atoms with Gasteiger partial charge < -0.3 is 25.0 Å². The van der Waals surface area contributed by atoms with E-state index in [-0.39, 0.29) is 30.2 Å². The molecule has 33 heavy (non-hydrogen) atoms. The number of methoxy groups -OCH3 is 2. The molecule has 1 unspecified atom stereocenters. The Morgan fingerprint density at radius 1 is 1.00 bits per heavy atom. The third-order valence-corrected chi connectivity index (χ3v) is 5.09. The molecular weight excluding hydrogens is 443 g/mol. The number of hydrogen-bond acceptors (Lipinski definition) is 5. The van der Waals surface area contributed by atoms with E-state index in [1.807, 2.05) is 0 Å². The number of halogens is 3.